The molecule has 3 aromatic rings. The number of rotatable bonds is 4. The van der Waals surface area contributed by atoms with Crippen LogP contribution in [0.1, 0.15) is 25.3 Å². The first-order valence-corrected chi connectivity index (χ1v) is 8.33. The molecule has 4 nitrogen and oxygen atoms in total. The van der Waals surface area contributed by atoms with Gasteiger partial charge in [-0.25, -0.2) is 4.79 Å². The molecular weight excluding hydrogens is 340 g/mol. The van der Waals surface area contributed by atoms with Crippen molar-refractivity contribution >= 4 is 28.5 Å². The Hall–Kier alpha value is -2.59. The van der Waals surface area contributed by atoms with Gasteiger partial charge in [0.05, 0.1) is 5.92 Å². The zero-order valence-electron chi connectivity index (χ0n) is 13.9. The van der Waals surface area contributed by atoms with E-state index in [2.05, 4.69) is 0 Å². The SMILES string of the molecule is CC(C)[C@@H](C(=O)Oc1ccc2ccc(=O)oc2c1)c1ccc(Cl)cc1. The first-order chi connectivity index (χ1) is 11.9. The van der Waals surface area contributed by atoms with Crippen LogP contribution in [0, 0.1) is 5.92 Å². The average Bonchev–Trinajstić information content (AvgIpc) is 2.56. The Morgan fingerprint density at radius 2 is 1.72 bits per heavy atom. The van der Waals surface area contributed by atoms with Crippen molar-refractivity contribution in [3.05, 3.63) is 75.6 Å². The van der Waals surface area contributed by atoms with Crippen LogP contribution < -0.4 is 10.4 Å². The summed E-state index contributed by atoms with van der Waals surface area (Å²) in [7, 11) is 0. The van der Waals surface area contributed by atoms with E-state index >= 15 is 0 Å². The number of hydrogen-bond acceptors (Lipinski definition) is 4. The number of hydrogen-bond donors (Lipinski definition) is 0. The van der Waals surface area contributed by atoms with Crippen LogP contribution in [-0.4, -0.2) is 5.97 Å². The van der Waals surface area contributed by atoms with E-state index in [0.29, 0.717) is 16.4 Å². The lowest BCUT2D eigenvalue weighted by Gasteiger charge is -2.20. The molecular formula is C20H17ClO4. The molecule has 0 N–H and O–H groups in total. The Balaban J connectivity index is 1.88. The summed E-state index contributed by atoms with van der Waals surface area (Å²) in [5, 5.41) is 1.38. The van der Waals surface area contributed by atoms with Gasteiger partial charge < -0.3 is 9.15 Å². The summed E-state index contributed by atoms with van der Waals surface area (Å²) in [6.45, 7) is 3.92. The third-order valence-corrected chi connectivity index (χ3v) is 4.21. The monoisotopic (exact) mass is 356 g/mol. The van der Waals surface area contributed by atoms with Crippen molar-refractivity contribution in [1.82, 2.24) is 0 Å². The second-order valence-corrected chi connectivity index (χ2v) is 6.58. The standard InChI is InChI=1S/C20H17ClO4/c1-12(2)19(14-3-7-15(21)8-4-14)20(23)24-16-9-5-13-6-10-18(22)25-17(13)11-16/h3-12,19H,1-2H3/t19-/m1/s1. The number of carbonyl (C=O) groups is 1. The van der Waals surface area contributed by atoms with Crippen LogP contribution in [-0.2, 0) is 4.79 Å². The zero-order valence-corrected chi connectivity index (χ0v) is 14.6. The molecule has 0 spiro atoms. The van der Waals surface area contributed by atoms with Crippen molar-refractivity contribution in [2.75, 3.05) is 0 Å². The van der Waals surface area contributed by atoms with Crippen molar-refractivity contribution in [2.24, 2.45) is 5.92 Å². The summed E-state index contributed by atoms with van der Waals surface area (Å²) in [6, 6.07) is 15.2. The molecule has 128 valence electrons. The largest absolute Gasteiger partial charge is 0.426 e. The van der Waals surface area contributed by atoms with Gasteiger partial charge in [0.1, 0.15) is 11.3 Å². The Morgan fingerprint density at radius 3 is 2.40 bits per heavy atom. The van der Waals surface area contributed by atoms with Gasteiger partial charge in [-0.3, -0.25) is 4.79 Å². The van der Waals surface area contributed by atoms with Crippen molar-refractivity contribution in [3.63, 3.8) is 0 Å². The van der Waals surface area contributed by atoms with Gasteiger partial charge in [0.2, 0.25) is 0 Å². The molecule has 0 aliphatic rings. The van der Waals surface area contributed by atoms with E-state index in [1.807, 2.05) is 26.0 Å². The maximum absolute atomic E-state index is 12.7. The fourth-order valence-electron chi connectivity index (χ4n) is 2.75. The molecule has 1 aromatic heterocycles. The van der Waals surface area contributed by atoms with Crippen LogP contribution in [0.15, 0.2) is 63.8 Å². The summed E-state index contributed by atoms with van der Waals surface area (Å²) < 4.78 is 10.7. The highest BCUT2D eigenvalue weighted by Crippen LogP contribution is 2.29. The van der Waals surface area contributed by atoms with Gasteiger partial charge in [0.15, 0.2) is 0 Å². The second kappa shape index (κ2) is 7.11. The third-order valence-electron chi connectivity index (χ3n) is 3.96. The molecule has 0 radical (unpaired) electrons. The fraction of sp³-hybridized carbons (Fsp3) is 0.200. The van der Waals surface area contributed by atoms with E-state index in [1.165, 1.54) is 6.07 Å². The molecule has 0 saturated heterocycles. The minimum absolute atomic E-state index is 0.0482. The Bertz CT molecular complexity index is 957. The third kappa shape index (κ3) is 3.91. The number of benzene rings is 2. The summed E-state index contributed by atoms with van der Waals surface area (Å²) >= 11 is 5.92. The molecule has 3 rings (SSSR count). The molecule has 0 unspecified atom stereocenters. The van der Waals surface area contributed by atoms with Crippen LogP contribution >= 0.6 is 11.6 Å². The second-order valence-electron chi connectivity index (χ2n) is 6.15. The number of halogens is 1. The van der Waals surface area contributed by atoms with Crippen molar-refractivity contribution in [3.8, 4) is 5.75 Å². The lowest BCUT2D eigenvalue weighted by Crippen LogP contribution is -2.23. The zero-order chi connectivity index (χ0) is 18.0. The van der Waals surface area contributed by atoms with Gasteiger partial charge in [-0.1, -0.05) is 37.6 Å². The molecule has 0 saturated carbocycles. The van der Waals surface area contributed by atoms with Gasteiger partial charge in [-0.15, -0.1) is 0 Å². The molecule has 1 heterocycles. The van der Waals surface area contributed by atoms with Gasteiger partial charge >= 0.3 is 11.6 Å². The van der Waals surface area contributed by atoms with Crippen LogP contribution in [0.4, 0.5) is 0 Å². The van der Waals surface area contributed by atoms with E-state index in [9.17, 15) is 9.59 Å². The van der Waals surface area contributed by atoms with Gasteiger partial charge in [0.25, 0.3) is 0 Å². The smallest absolute Gasteiger partial charge is 0.336 e. The number of fused-ring (bicyclic) bond motifs is 1. The number of ether oxygens (including phenoxy) is 1. The molecule has 2 aromatic carbocycles. The van der Waals surface area contributed by atoms with E-state index in [0.717, 1.165) is 10.9 Å². The predicted octanol–water partition coefficient (Wildman–Crippen LogP) is 4.79. The maximum atomic E-state index is 12.7. The van der Waals surface area contributed by atoms with Crippen LogP contribution in [0.5, 0.6) is 5.75 Å². The van der Waals surface area contributed by atoms with E-state index < -0.39 is 11.5 Å². The lowest BCUT2D eigenvalue weighted by atomic mass is 9.88. The molecule has 0 aliphatic carbocycles. The van der Waals surface area contributed by atoms with Crippen molar-refractivity contribution in [2.45, 2.75) is 19.8 Å². The normalized spacial score (nSPS) is 12.3. The number of carbonyl (C=O) groups excluding carboxylic acids is 1. The molecule has 0 bridgehead atoms. The topological polar surface area (TPSA) is 56.5 Å². The fourth-order valence-corrected chi connectivity index (χ4v) is 2.87. The van der Waals surface area contributed by atoms with Gasteiger partial charge in [0, 0.05) is 22.5 Å². The summed E-state index contributed by atoms with van der Waals surface area (Å²) in [6.07, 6.45) is 0. The Kier molecular flexibility index (Phi) is 4.91. The van der Waals surface area contributed by atoms with E-state index in [4.69, 9.17) is 20.8 Å². The molecule has 0 fully saturated rings. The highest BCUT2D eigenvalue weighted by atomic mass is 35.5. The Labute approximate surface area is 150 Å². The molecule has 5 heteroatoms. The van der Waals surface area contributed by atoms with Crippen LogP contribution in [0.2, 0.25) is 5.02 Å². The Morgan fingerprint density at radius 1 is 1.04 bits per heavy atom. The van der Waals surface area contributed by atoms with Crippen molar-refractivity contribution < 1.29 is 13.9 Å². The van der Waals surface area contributed by atoms with Crippen LogP contribution in [0.25, 0.3) is 11.0 Å². The summed E-state index contributed by atoms with van der Waals surface area (Å²) in [4.78, 5) is 24.0. The lowest BCUT2D eigenvalue weighted by molar-refractivity contribution is -0.137. The van der Waals surface area contributed by atoms with Crippen LogP contribution in [0.3, 0.4) is 0 Å². The minimum atomic E-state index is -0.447. The molecule has 25 heavy (non-hydrogen) atoms. The first kappa shape index (κ1) is 17.2. The summed E-state index contributed by atoms with van der Waals surface area (Å²) in [5.74, 6) is -0.399. The first-order valence-electron chi connectivity index (χ1n) is 7.95. The van der Waals surface area contributed by atoms with E-state index in [-0.39, 0.29) is 11.9 Å². The molecule has 0 amide bonds. The summed E-state index contributed by atoms with van der Waals surface area (Å²) in [5.41, 5.74) is 0.777. The molecule has 0 aliphatic heterocycles. The minimum Gasteiger partial charge on any atom is -0.426 e. The quantitative estimate of drug-likeness (QED) is 0.383. The highest BCUT2D eigenvalue weighted by molar-refractivity contribution is 6.30. The highest BCUT2D eigenvalue weighted by Gasteiger charge is 2.26. The number of esters is 1. The van der Waals surface area contributed by atoms with E-state index in [1.54, 1.807) is 36.4 Å². The maximum Gasteiger partial charge on any atom is 0.336 e. The van der Waals surface area contributed by atoms with Crippen molar-refractivity contribution in [1.29, 1.82) is 0 Å². The van der Waals surface area contributed by atoms with Gasteiger partial charge in [-0.05, 0) is 41.8 Å². The average molecular weight is 357 g/mol. The molecule has 1 atom stereocenters. The predicted molar refractivity (Wildman–Crippen MR) is 97.2 cm³/mol. The van der Waals surface area contributed by atoms with Gasteiger partial charge in [-0.2, -0.15) is 0 Å².